The summed E-state index contributed by atoms with van der Waals surface area (Å²) in [6, 6.07) is 2.61. The zero-order chi connectivity index (χ0) is 18.8. The maximum atomic E-state index is 13.8. The van der Waals surface area contributed by atoms with E-state index in [1.54, 1.807) is 6.92 Å². The molecular formula is C17H19F2N5O2. The minimum absolute atomic E-state index is 0.0114. The van der Waals surface area contributed by atoms with Gasteiger partial charge in [-0.2, -0.15) is 0 Å². The summed E-state index contributed by atoms with van der Waals surface area (Å²) in [5, 5.41) is 7.80. The van der Waals surface area contributed by atoms with Crippen LogP contribution in [-0.4, -0.2) is 44.3 Å². The lowest BCUT2D eigenvalue weighted by Crippen LogP contribution is -2.50. The standard InChI is InChI=1S/C17H19F2N5O2/c1-10-15(17(26)23-7-3-2-4-14(23)16(20)25)21-22-24(10)9-11-5-6-12(18)8-13(11)19/h5-6,8,14H,2-4,7,9H2,1H3,(H2,20,25). The zero-order valence-corrected chi connectivity index (χ0v) is 14.3. The van der Waals surface area contributed by atoms with Crippen LogP contribution in [-0.2, 0) is 11.3 Å². The molecule has 1 aliphatic rings. The smallest absolute Gasteiger partial charge is 0.277 e. The highest BCUT2D eigenvalue weighted by atomic mass is 19.1. The summed E-state index contributed by atoms with van der Waals surface area (Å²) in [6.45, 7) is 2.07. The Kier molecular flexibility index (Phi) is 4.97. The normalized spacial score (nSPS) is 17.3. The number of carbonyl (C=O) groups excluding carboxylic acids is 2. The van der Waals surface area contributed by atoms with E-state index in [9.17, 15) is 18.4 Å². The van der Waals surface area contributed by atoms with E-state index >= 15 is 0 Å². The molecule has 0 bridgehead atoms. The molecule has 1 atom stereocenters. The first-order valence-electron chi connectivity index (χ1n) is 8.32. The summed E-state index contributed by atoms with van der Waals surface area (Å²) in [6.07, 6.45) is 2.13. The van der Waals surface area contributed by atoms with Crippen molar-refractivity contribution in [1.29, 1.82) is 0 Å². The molecule has 3 rings (SSSR count). The molecule has 1 aromatic carbocycles. The van der Waals surface area contributed by atoms with Crippen molar-refractivity contribution < 1.29 is 18.4 Å². The van der Waals surface area contributed by atoms with Gasteiger partial charge in [0.2, 0.25) is 5.91 Å². The van der Waals surface area contributed by atoms with Crippen LogP contribution >= 0.6 is 0 Å². The number of carbonyl (C=O) groups is 2. The van der Waals surface area contributed by atoms with Crippen molar-refractivity contribution in [2.24, 2.45) is 5.73 Å². The Morgan fingerprint density at radius 2 is 2.08 bits per heavy atom. The van der Waals surface area contributed by atoms with Gasteiger partial charge >= 0.3 is 0 Å². The fourth-order valence-corrected chi connectivity index (χ4v) is 3.13. The third-order valence-corrected chi connectivity index (χ3v) is 4.61. The number of nitrogens with two attached hydrogens (primary N) is 1. The van der Waals surface area contributed by atoms with Gasteiger partial charge in [0.05, 0.1) is 12.2 Å². The molecule has 2 heterocycles. The molecule has 0 aliphatic carbocycles. The van der Waals surface area contributed by atoms with Gasteiger partial charge in [-0.05, 0) is 32.3 Å². The first kappa shape index (κ1) is 18.0. The third kappa shape index (κ3) is 3.42. The van der Waals surface area contributed by atoms with E-state index in [0.29, 0.717) is 18.7 Å². The van der Waals surface area contributed by atoms with E-state index in [1.807, 2.05) is 0 Å². The predicted octanol–water partition coefficient (Wildman–Crippen LogP) is 1.39. The lowest BCUT2D eigenvalue weighted by atomic mass is 10.0. The van der Waals surface area contributed by atoms with Crippen LogP contribution in [0.3, 0.4) is 0 Å². The average Bonchev–Trinajstić information content (AvgIpc) is 2.97. The largest absolute Gasteiger partial charge is 0.368 e. The van der Waals surface area contributed by atoms with Gasteiger partial charge in [0.25, 0.3) is 5.91 Å². The number of hydrogen-bond acceptors (Lipinski definition) is 4. The summed E-state index contributed by atoms with van der Waals surface area (Å²) in [5.41, 5.74) is 6.16. The summed E-state index contributed by atoms with van der Waals surface area (Å²) in [4.78, 5) is 25.8. The van der Waals surface area contributed by atoms with Crippen LogP contribution in [0.4, 0.5) is 8.78 Å². The van der Waals surface area contributed by atoms with Gasteiger partial charge in [-0.25, -0.2) is 13.5 Å². The molecule has 1 unspecified atom stereocenters. The molecular weight excluding hydrogens is 344 g/mol. The monoisotopic (exact) mass is 363 g/mol. The number of likely N-dealkylation sites (tertiary alicyclic amines) is 1. The molecule has 26 heavy (non-hydrogen) atoms. The predicted molar refractivity (Wildman–Crippen MR) is 88.1 cm³/mol. The summed E-state index contributed by atoms with van der Waals surface area (Å²) >= 11 is 0. The van der Waals surface area contributed by atoms with E-state index in [1.165, 1.54) is 15.6 Å². The van der Waals surface area contributed by atoms with Gasteiger partial charge in [0.15, 0.2) is 5.69 Å². The fraction of sp³-hybridized carbons (Fsp3) is 0.412. The Labute approximate surface area is 148 Å². The molecule has 1 fully saturated rings. The van der Waals surface area contributed by atoms with E-state index in [-0.39, 0.29) is 17.8 Å². The lowest BCUT2D eigenvalue weighted by Gasteiger charge is -2.33. The number of primary amides is 1. The zero-order valence-electron chi connectivity index (χ0n) is 14.3. The van der Waals surface area contributed by atoms with Crippen molar-refractivity contribution >= 4 is 11.8 Å². The Bertz CT molecular complexity index is 852. The van der Waals surface area contributed by atoms with Crippen LogP contribution < -0.4 is 5.73 Å². The molecule has 1 aliphatic heterocycles. The Hall–Kier alpha value is -2.84. The van der Waals surface area contributed by atoms with Crippen LogP contribution in [0.15, 0.2) is 18.2 Å². The van der Waals surface area contributed by atoms with Gasteiger partial charge in [-0.15, -0.1) is 5.10 Å². The second kappa shape index (κ2) is 7.19. The van der Waals surface area contributed by atoms with Crippen molar-refractivity contribution in [2.45, 2.75) is 38.8 Å². The van der Waals surface area contributed by atoms with Crippen LogP contribution in [0.2, 0.25) is 0 Å². The number of hydrogen-bond donors (Lipinski definition) is 1. The Morgan fingerprint density at radius 3 is 2.77 bits per heavy atom. The minimum atomic E-state index is -0.697. The van der Waals surface area contributed by atoms with Crippen molar-refractivity contribution in [3.05, 3.63) is 46.8 Å². The molecule has 2 aromatic rings. The summed E-state index contributed by atoms with van der Waals surface area (Å²) < 4.78 is 28.2. The number of rotatable bonds is 4. The molecule has 1 saturated heterocycles. The van der Waals surface area contributed by atoms with E-state index < -0.39 is 29.5 Å². The molecule has 0 spiro atoms. The van der Waals surface area contributed by atoms with Gasteiger partial charge in [0.1, 0.15) is 17.7 Å². The molecule has 138 valence electrons. The fourth-order valence-electron chi connectivity index (χ4n) is 3.13. The summed E-state index contributed by atoms with van der Waals surface area (Å²) in [7, 11) is 0. The van der Waals surface area contributed by atoms with Crippen LogP contribution in [0, 0.1) is 18.6 Å². The van der Waals surface area contributed by atoms with Gasteiger partial charge in [-0.3, -0.25) is 9.59 Å². The van der Waals surface area contributed by atoms with Gasteiger partial charge < -0.3 is 10.6 Å². The number of piperidine rings is 1. The number of halogens is 2. The second-order valence-electron chi connectivity index (χ2n) is 6.33. The molecule has 2 N–H and O–H groups in total. The lowest BCUT2D eigenvalue weighted by molar-refractivity contribution is -0.123. The summed E-state index contributed by atoms with van der Waals surface area (Å²) in [5.74, 6) is -2.33. The average molecular weight is 363 g/mol. The number of nitrogens with zero attached hydrogens (tertiary/aromatic N) is 4. The highest BCUT2D eigenvalue weighted by Crippen LogP contribution is 2.20. The molecule has 1 aromatic heterocycles. The highest BCUT2D eigenvalue weighted by molar-refractivity contribution is 5.96. The van der Waals surface area contributed by atoms with Crippen molar-refractivity contribution in [3.63, 3.8) is 0 Å². The van der Waals surface area contributed by atoms with Crippen molar-refractivity contribution in [3.8, 4) is 0 Å². The first-order chi connectivity index (χ1) is 12.4. The number of amides is 2. The highest BCUT2D eigenvalue weighted by Gasteiger charge is 2.33. The van der Waals surface area contributed by atoms with Crippen LogP contribution in [0.25, 0.3) is 0 Å². The third-order valence-electron chi connectivity index (χ3n) is 4.61. The Balaban J connectivity index is 1.84. The topological polar surface area (TPSA) is 94.1 Å². The van der Waals surface area contributed by atoms with Crippen LogP contribution in [0.5, 0.6) is 0 Å². The molecule has 0 saturated carbocycles. The van der Waals surface area contributed by atoms with Crippen molar-refractivity contribution in [1.82, 2.24) is 19.9 Å². The maximum Gasteiger partial charge on any atom is 0.277 e. The SMILES string of the molecule is Cc1c(C(=O)N2CCCCC2C(N)=O)nnn1Cc1ccc(F)cc1F. The van der Waals surface area contributed by atoms with E-state index in [2.05, 4.69) is 10.3 Å². The van der Waals surface area contributed by atoms with Crippen LogP contribution in [0.1, 0.15) is 41.0 Å². The van der Waals surface area contributed by atoms with Gasteiger partial charge in [-0.1, -0.05) is 11.3 Å². The van der Waals surface area contributed by atoms with Crippen molar-refractivity contribution in [2.75, 3.05) is 6.54 Å². The second-order valence-corrected chi connectivity index (χ2v) is 6.33. The number of aromatic nitrogens is 3. The maximum absolute atomic E-state index is 13.8. The minimum Gasteiger partial charge on any atom is -0.368 e. The van der Waals surface area contributed by atoms with Gasteiger partial charge in [0, 0.05) is 18.2 Å². The number of benzene rings is 1. The Morgan fingerprint density at radius 1 is 1.31 bits per heavy atom. The molecule has 0 radical (unpaired) electrons. The van der Waals surface area contributed by atoms with E-state index in [0.717, 1.165) is 25.0 Å². The molecule has 2 amide bonds. The molecule has 7 nitrogen and oxygen atoms in total. The molecule has 9 heteroatoms. The first-order valence-corrected chi connectivity index (χ1v) is 8.32. The quantitative estimate of drug-likeness (QED) is 0.888. The van der Waals surface area contributed by atoms with E-state index in [4.69, 9.17) is 5.73 Å².